The summed E-state index contributed by atoms with van der Waals surface area (Å²) in [5.74, 6) is -0.0529. The van der Waals surface area contributed by atoms with Crippen LogP contribution in [0.2, 0.25) is 0 Å². The molecule has 0 radical (unpaired) electrons. The predicted octanol–water partition coefficient (Wildman–Crippen LogP) is 4.24. The molecule has 1 aliphatic carbocycles. The van der Waals surface area contributed by atoms with Gasteiger partial charge in [-0.2, -0.15) is 0 Å². The van der Waals surface area contributed by atoms with Gasteiger partial charge >= 0.3 is 0 Å². The molecule has 2 aromatic rings. The Balaban J connectivity index is 1.47. The monoisotopic (exact) mass is 350 g/mol. The molecule has 0 atom stereocenters. The van der Waals surface area contributed by atoms with Crippen LogP contribution >= 0.6 is 0 Å². The van der Waals surface area contributed by atoms with Gasteiger partial charge in [-0.3, -0.25) is 9.59 Å². The Labute approximate surface area is 155 Å². The minimum atomic E-state index is -0.0332. The van der Waals surface area contributed by atoms with Crippen molar-refractivity contribution in [2.45, 2.75) is 51.5 Å². The Morgan fingerprint density at radius 3 is 2.27 bits per heavy atom. The van der Waals surface area contributed by atoms with Gasteiger partial charge in [-0.15, -0.1) is 0 Å². The molecule has 4 nitrogen and oxygen atoms in total. The average molecular weight is 350 g/mol. The fourth-order valence-corrected chi connectivity index (χ4v) is 3.28. The second kappa shape index (κ2) is 8.65. The zero-order valence-corrected chi connectivity index (χ0v) is 15.3. The maximum atomic E-state index is 12.2. The minimum Gasteiger partial charge on any atom is -0.349 e. The second-order valence-corrected chi connectivity index (χ2v) is 7.07. The van der Waals surface area contributed by atoms with Crippen molar-refractivity contribution in [3.63, 3.8) is 0 Å². The summed E-state index contributed by atoms with van der Waals surface area (Å²) in [6, 6.07) is 15.6. The lowest BCUT2D eigenvalue weighted by Crippen LogP contribution is -2.32. The highest BCUT2D eigenvalue weighted by molar-refractivity contribution is 5.96. The van der Waals surface area contributed by atoms with Crippen molar-refractivity contribution < 1.29 is 9.59 Å². The highest BCUT2D eigenvalue weighted by Crippen LogP contribution is 2.18. The molecule has 136 valence electrons. The van der Waals surface area contributed by atoms with Crippen molar-refractivity contribution in [3.8, 4) is 0 Å². The van der Waals surface area contributed by atoms with Crippen LogP contribution in [0.4, 0.5) is 5.69 Å². The summed E-state index contributed by atoms with van der Waals surface area (Å²) in [6.45, 7) is 2.05. The van der Waals surface area contributed by atoms with Gasteiger partial charge in [-0.1, -0.05) is 42.7 Å². The van der Waals surface area contributed by atoms with E-state index in [2.05, 4.69) is 34.9 Å². The van der Waals surface area contributed by atoms with E-state index < -0.39 is 0 Å². The molecule has 1 fully saturated rings. The number of carbonyl (C=O) groups excluding carboxylic acids is 2. The van der Waals surface area contributed by atoms with E-state index in [-0.39, 0.29) is 11.8 Å². The first kappa shape index (κ1) is 18.2. The Bertz CT molecular complexity index is 745. The van der Waals surface area contributed by atoms with Crippen LogP contribution in [0.5, 0.6) is 0 Å². The standard InChI is InChI=1S/C22H26N2O2/c1-16-6-8-17(9-7-16)10-15-21(25)23-20-13-11-18(12-14-20)22(26)24-19-4-2-3-5-19/h6-9,11-14,19H,2-5,10,15H2,1H3,(H,23,25)(H,24,26). The van der Waals surface area contributed by atoms with Crippen molar-refractivity contribution in [3.05, 3.63) is 65.2 Å². The molecule has 0 aliphatic heterocycles. The highest BCUT2D eigenvalue weighted by Gasteiger charge is 2.17. The van der Waals surface area contributed by atoms with Gasteiger partial charge in [0.1, 0.15) is 0 Å². The Morgan fingerprint density at radius 2 is 1.62 bits per heavy atom. The van der Waals surface area contributed by atoms with Gasteiger partial charge in [0.25, 0.3) is 5.91 Å². The number of hydrogen-bond acceptors (Lipinski definition) is 2. The van der Waals surface area contributed by atoms with Crippen LogP contribution in [0.25, 0.3) is 0 Å². The lowest BCUT2D eigenvalue weighted by molar-refractivity contribution is -0.116. The third-order valence-corrected chi connectivity index (χ3v) is 4.88. The van der Waals surface area contributed by atoms with Crippen LogP contribution in [0.15, 0.2) is 48.5 Å². The Kier molecular flexibility index (Phi) is 6.05. The van der Waals surface area contributed by atoms with Crippen molar-refractivity contribution in [1.29, 1.82) is 0 Å². The van der Waals surface area contributed by atoms with Crippen molar-refractivity contribution >= 4 is 17.5 Å². The number of carbonyl (C=O) groups is 2. The van der Waals surface area contributed by atoms with Crippen molar-refractivity contribution in [2.75, 3.05) is 5.32 Å². The first-order valence-electron chi connectivity index (χ1n) is 9.36. The quantitative estimate of drug-likeness (QED) is 0.819. The molecule has 2 amide bonds. The molecule has 0 aromatic heterocycles. The molecule has 0 saturated heterocycles. The molecule has 1 saturated carbocycles. The number of benzene rings is 2. The topological polar surface area (TPSA) is 58.2 Å². The number of hydrogen-bond donors (Lipinski definition) is 2. The van der Waals surface area contributed by atoms with E-state index in [4.69, 9.17) is 0 Å². The molecule has 0 bridgehead atoms. The fraction of sp³-hybridized carbons (Fsp3) is 0.364. The summed E-state index contributed by atoms with van der Waals surface area (Å²) in [4.78, 5) is 24.3. The summed E-state index contributed by atoms with van der Waals surface area (Å²) in [5.41, 5.74) is 3.73. The molecular formula is C22H26N2O2. The van der Waals surface area contributed by atoms with Crippen molar-refractivity contribution in [2.24, 2.45) is 0 Å². The third kappa shape index (κ3) is 5.19. The molecule has 26 heavy (non-hydrogen) atoms. The van der Waals surface area contributed by atoms with E-state index in [1.165, 1.54) is 18.4 Å². The van der Waals surface area contributed by atoms with Crippen molar-refractivity contribution in [1.82, 2.24) is 5.32 Å². The van der Waals surface area contributed by atoms with Gasteiger partial charge in [0.15, 0.2) is 0 Å². The van der Waals surface area contributed by atoms with Crippen LogP contribution in [-0.4, -0.2) is 17.9 Å². The van der Waals surface area contributed by atoms with E-state index in [1.807, 2.05) is 6.92 Å². The largest absolute Gasteiger partial charge is 0.349 e. The smallest absolute Gasteiger partial charge is 0.251 e. The summed E-state index contributed by atoms with van der Waals surface area (Å²) < 4.78 is 0. The third-order valence-electron chi connectivity index (χ3n) is 4.88. The average Bonchev–Trinajstić information content (AvgIpc) is 3.15. The van der Waals surface area contributed by atoms with E-state index in [0.29, 0.717) is 24.4 Å². The van der Waals surface area contributed by atoms with E-state index in [9.17, 15) is 9.59 Å². The van der Waals surface area contributed by atoms with Crippen LogP contribution in [-0.2, 0) is 11.2 Å². The molecule has 0 unspecified atom stereocenters. The maximum Gasteiger partial charge on any atom is 0.251 e. The number of rotatable bonds is 6. The molecular weight excluding hydrogens is 324 g/mol. The first-order chi connectivity index (χ1) is 12.6. The SMILES string of the molecule is Cc1ccc(CCC(=O)Nc2ccc(C(=O)NC3CCCC3)cc2)cc1. The van der Waals surface area contributed by atoms with E-state index >= 15 is 0 Å². The minimum absolute atomic E-state index is 0.0197. The molecule has 0 spiro atoms. The molecule has 4 heteroatoms. The van der Waals surface area contributed by atoms with Gasteiger partial charge in [0.05, 0.1) is 0 Å². The van der Waals surface area contributed by atoms with Gasteiger partial charge in [-0.05, 0) is 56.0 Å². The van der Waals surface area contributed by atoms with Crippen LogP contribution < -0.4 is 10.6 Å². The van der Waals surface area contributed by atoms with E-state index in [0.717, 1.165) is 24.1 Å². The summed E-state index contributed by atoms with van der Waals surface area (Å²) >= 11 is 0. The zero-order chi connectivity index (χ0) is 18.4. The summed E-state index contributed by atoms with van der Waals surface area (Å²) in [6.07, 6.45) is 5.68. The number of anilines is 1. The lowest BCUT2D eigenvalue weighted by atomic mass is 10.1. The van der Waals surface area contributed by atoms with Gasteiger partial charge in [-0.25, -0.2) is 0 Å². The molecule has 2 aromatic carbocycles. The Morgan fingerprint density at radius 1 is 0.962 bits per heavy atom. The summed E-state index contributed by atoms with van der Waals surface area (Å²) in [7, 11) is 0. The fourth-order valence-electron chi connectivity index (χ4n) is 3.28. The molecule has 0 heterocycles. The number of aryl methyl sites for hydroxylation is 2. The Hall–Kier alpha value is -2.62. The summed E-state index contributed by atoms with van der Waals surface area (Å²) in [5, 5.41) is 5.96. The predicted molar refractivity (Wildman–Crippen MR) is 104 cm³/mol. The lowest BCUT2D eigenvalue weighted by Gasteiger charge is -2.12. The van der Waals surface area contributed by atoms with Gasteiger partial charge < -0.3 is 10.6 Å². The van der Waals surface area contributed by atoms with Crippen LogP contribution in [0.3, 0.4) is 0 Å². The maximum absolute atomic E-state index is 12.2. The second-order valence-electron chi connectivity index (χ2n) is 7.07. The first-order valence-corrected chi connectivity index (χ1v) is 9.36. The molecule has 1 aliphatic rings. The highest BCUT2D eigenvalue weighted by atomic mass is 16.2. The van der Waals surface area contributed by atoms with E-state index in [1.54, 1.807) is 24.3 Å². The van der Waals surface area contributed by atoms with Gasteiger partial charge in [0, 0.05) is 23.7 Å². The van der Waals surface area contributed by atoms with Crippen LogP contribution in [0.1, 0.15) is 53.6 Å². The van der Waals surface area contributed by atoms with Crippen LogP contribution in [0, 0.1) is 6.92 Å². The number of nitrogens with one attached hydrogen (secondary N) is 2. The zero-order valence-electron chi connectivity index (χ0n) is 15.3. The van der Waals surface area contributed by atoms with Gasteiger partial charge in [0.2, 0.25) is 5.91 Å². The number of amides is 2. The molecule has 2 N–H and O–H groups in total. The normalized spacial score (nSPS) is 14.2. The molecule has 3 rings (SSSR count).